The lowest BCUT2D eigenvalue weighted by Crippen LogP contribution is -1.96. The van der Waals surface area contributed by atoms with Gasteiger partial charge in [0.2, 0.25) is 0 Å². The summed E-state index contributed by atoms with van der Waals surface area (Å²) in [5.41, 5.74) is 3.37. The van der Waals surface area contributed by atoms with E-state index in [4.69, 9.17) is 4.42 Å². The van der Waals surface area contributed by atoms with Gasteiger partial charge in [-0.3, -0.25) is 4.79 Å². The van der Waals surface area contributed by atoms with E-state index in [0.29, 0.717) is 5.56 Å². The Hall–Kier alpha value is -1.91. The Morgan fingerprint density at radius 3 is 2.38 bits per heavy atom. The Kier molecular flexibility index (Phi) is 5.17. The van der Waals surface area contributed by atoms with Gasteiger partial charge in [-0.15, -0.1) is 0 Å². The highest BCUT2D eigenvalue weighted by Gasteiger charge is 2.11. The second kappa shape index (κ2) is 7.32. The molecule has 2 aromatic carbocycles. The van der Waals surface area contributed by atoms with Gasteiger partial charge in [-0.2, -0.15) is 0 Å². The van der Waals surface area contributed by atoms with Crippen molar-refractivity contribution in [3.8, 4) is 11.3 Å². The van der Waals surface area contributed by atoms with Gasteiger partial charge in [-0.05, 0) is 42.8 Å². The van der Waals surface area contributed by atoms with E-state index in [1.54, 1.807) is 18.4 Å². The van der Waals surface area contributed by atoms with Crippen LogP contribution < -0.4 is 0 Å². The minimum atomic E-state index is -0.0383. The summed E-state index contributed by atoms with van der Waals surface area (Å²) in [6.07, 6.45) is 3.31. The topological polar surface area (TPSA) is 30.2 Å². The van der Waals surface area contributed by atoms with Gasteiger partial charge in [0.25, 0.3) is 0 Å². The number of benzene rings is 2. The molecule has 120 valence electrons. The van der Waals surface area contributed by atoms with Crippen molar-refractivity contribution in [2.75, 3.05) is 0 Å². The van der Waals surface area contributed by atoms with Crippen LogP contribution in [0.5, 0.6) is 0 Å². The highest BCUT2D eigenvalue weighted by molar-refractivity contribution is 9.10. The SMILES string of the molecule is C/C(=C\C(=O)c1ccccc1Br)c1coc(-c2ccccc2Br)c1. The molecule has 3 aromatic rings. The fourth-order valence-corrected chi connectivity index (χ4v) is 3.32. The minimum absolute atomic E-state index is 0.0383. The van der Waals surface area contributed by atoms with Crippen LogP contribution >= 0.6 is 31.9 Å². The molecule has 0 radical (unpaired) electrons. The zero-order chi connectivity index (χ0) is 17.1. The number of furan rings is 1. The molecule has 24 heavy (non-hydrogen) atoms. The van der Waals surface area contributed by atoms with E-state index in [9.17, 15) is 4.79 Å². The van der Waals surface area contributed by atoms with E-state index < -0.39 is 0 Å². The van der Waals surface area contributed by atoms with Gasteiger partial charge in [0, 0.05) is 25.6 Å². The van der Waals surface area contributed by atoms with Crippen molar-refractivity contribution in [2.24, 2.45) is 0 Å². The van der Waals surface area contributed by atoms with E-state index in [-0.39, 0.29) is 5.78 Å². The average molecular weight is 446 g/mol. The van der Waals surface area contributed by atoms with Crippen LogP contribution in [-0.4, -0.2) is 5.78 Å². The third-order valence-electron chi connectivity index (χ3n) is 3.68. The summed E-state index contributed by atoms with van der Waals surface area (Å²) >= 11 is 6.94. The first-order valence-corrected chi connectivity index (χ1v) is 8.96. The van der Waals surface area contributed by atoms with E-state index in [2.05, 4.69) is 31.9 Å². The molecule has 0 bridgehead atoms. The molecule has 0 aliphatic carbocycles. The second-order valence-corrected chi connectivity index (χ2v) is 7.06. The average Bonchev–Trinajstić information content (AvgIpc) is 3.05. The zero-order valence-corrected chi connectivity index (χ0v) is 16.1. The molecule has 1 aromatic heterocycles. The molecule has 4 heteroatoms. The summed E-state index contributed by atoms with van der Waals surface area (Å²) in [7, 11) is 0. The van der Waals surface area contributed by atoms with E-state index in [1.165, 1.54) is 0 Å². The molecular weight excluding hydrogens is 432 g/mol. The molecule has 0 aliphatic heterocycles. The Bertz CT molecular complexity index is 923. The van der Waals surface area contributed by atoms with Gasteiger partial charge in [0.15, 0.2) is 5.78 Å². The van der Waals surface area contributed by atoms with E-state index in [1.807, 2.05) is 55.5 Å². The predicted molar refractivity (Wildman–Crippen MR) is 104 cm³/mol. The van der Waals surface area contributed by atoms with E-state index in [0.717, 1.165) is 31.4 Å². The molecule has 0 unspecified atom stereocenters. The first-order chi connectivity index (χ1) is 11.6. The maximum atomic E-state index is 12.4. The molecule has 0 aliphatic rings. The Morgan fingerprint density at radius 1 is 1.00 bits per heavy atom. The van der Waals surface area contributed by atoms with Crippen LogP contribution in [0.3, 0.4) is 0 Å². The number of hydrogen-bond donors (Lipinski definition) is 0. The summed E-state index contributed by atoms with van der Waals surface area (Å²) in [4.78, 5) is 12.4. The summed E-state index contributed by atoms with van der Waals surface area (Å²) in [6, 6.07) is 17.2. The highest BCUT2D eigenvalue weighted by atomic mass is 79.9. The number of carbonyl (C=O) groups excluding carboxylic acids is 1. The fourth-order valence-electron chi connectivity index (χ4n) is 2.36. The lowest BCUT2D eigenvalue weighted by atomic mass is 10.0. The van der Waals surface area contributed by atoms with Crippen LogP contribution in [0.2, 0.25) is 0 Å². The molecule has 0 fully saturated rings. The third-order valence-corrected chi connectivity index (χ3v) is 5.06. The molecule has 0 spiro atoms. The number of carbonyl (C=O) groups is 1. The van der Waals surface area contributed by atoms with Crippen molar-refractivity contribution in [3.05, 3.63) is 87.0 Å². The van der Waals surface area contributed by atoms with Gasteiger partial charge < -0.3 is 4.42 Å². The van der Waals surface area contributed by atoms with Crippen LogP contribution in [0.1, 0.15) is 22.8 Å². The van der Waals surface area contributed by atoms with Crippen molar-refractivity contribution in [3.63, 3.8) is 0 Å². The number of ketones is 1. The molecule has 1 heterocycles. The van der Waals surface area contributed by atoms with Crippen molar-refractivity contribution in [2.45, 2.75) is 6.92 Å². The second-order valence-electron chi connectivity index (χ2n) is 5.35. The van der Waals surface area contributed by atoms with Gasteiger partial charge in [-0.25, -0.2) is 0 Å². The Morgan fingerprint density at radius 2 is 1.67 bits per heavy atom. The van der Waals surface area contributed by atoms with E-state index >= 15 is 0 Å². The molecule has 0 saturated heterocycles. The molecule has 3 rings (SSSR count). The number of halogens is 2. The minimum Gasteiger partial charge on any atom is -0.464 e. The summed E-state index contributed by atoms with van der Waals surface area (Å²) in [5.74, 6) is 0.724. The summed E-state index contributed by atoms with van der Waals surface area (Å²) in [5, 5.41) is 0. The predicted octanol–water partition coefficient (Wildman–Crippen LogP) is 6.76. The molecule has 0 saturated carbocycles. The molecule has 0 N–H and O–H groups in total. The van der Waals surface area contributed by atoms with Gasteiger partial charge in [0.1, 0.15) is 5.76 Å². The molecule has 0 amide bonds. The van der Waals surface area contributed by atoms with Gasteiger partial charge in [-0.1, -0.05) is 62.2 Å². The van der Waals surface area contributed by atoms with Gasteiger partial charge in [0.05, 0.1) is 6.26 Å². The van der Waals surface area contributed by atoms with Crippen molar-refractivity contribution < 1.29 is 9.21 Å². The largest absolute Gasteiger partial charge is 0.464 e. The lowest BCUT2D eigenvalue weighted by Gasteiger charge is -2.01. The zero-order valence-electron chi connectivity index (χ0n) is 12.9. The smallest absolute Gasteiger partial charge is 0.187 e. The number of rotatable bonds is 4. The Labute approximate surface area is 157 Å². The first kappa shape index (κ1) is 16.9. The summed E-state index contributed by atoms with van der Waals surface area (Å²) in [6.45, 7) is 1.91. The quantitative estimate of drug-likeness (QED) is 0.328. The first-order valence-electron chi connectivity index (χ1n) is 7.37. The fraction of sp³-hybridized carbons (Fsp3) is 0.0500. The molecular formula is C20H14Br2O2. The van der Waals surface area contributed by atoms with Crippen LogP contribution in [0, 0.1) is 0 Å². The van der Waals surface area contributed by atoms with Crippen molar-refractivity contribution in [1.82, 2.24) is 0 Å². The maximum absolute atomic E-state index is 12.4. The highest BCUT2D eigenvalue weighted by Crippen LogP contribution is 2.31. The van der Waals surface area contributed by atoms with Crippen LogP contribution in [0.15, 0.2) is 80.3 Å². The third kappa shape index (κ3) is 3.60. The standard InChI is InChI=1S/C20H14Br2O2/c1-13(10-19(23)15-6-2-4-8-17(15)21)14-11-20(24-12-14)16-7-3-5-9-18(16)22/h2-12H,1H3/b13-10+. The molecule has 0 atom stereocenters. The van der Waals surface area contributed by atoms with Gasteiger partial charge >= 0.3 is 0 Å². The number of allylic oxidation sites excluding steroid dienone is 2. The van der Waals surface area contributed by atoms with Crippen molar-refractivity contribution >= 4 is 43.2 Å². The lowest BCUT2D eigenvalue weighted by molar-refractivity contribution is 0.104. The van der Waals surface area contributed by atoms with Crippen LogP contribution in [-0.2, 0) is 0 Å². The van der Waals surface area contributed by atoms with Crippen LogP contribution in [0.25, 0.3) is 16.9 Å². The Balaban J connectivity index is 1.89. The monoisotopic (exact) mass is 444 g/mol. The molecule has 2 nitrogen and oxygen atoms in total. The normalized spacial score (nSPS) is 11.5. The number of hydrogen-bond acceptors (Lipinski definition) is 2. The van der Waals surface area contributed by atoms with Crippen molar-refractivity contribution in [1.29, 1.82) is 0 Å². The maximum Gasteiger partial charge on any atom is 0.187 e. The van der Waals surface area contributed by atoms with Crippen LogP contribution in [0.4, 0.5) is 0 Å². The summed E-state index contributed by atoms with van der Waals surface area (Å²) < 4.78 is 7.43.